The van der Waals surface area contributed by atoms with Gasteiger partial charge in [-0.2, -0.15) is 0 Å². The highest BCUT2D eigenvalue weighted by atomic mass is 16.6. The van der Waals surface area contributed by atoms with Crippen LogP contribution >= 0.6 is 0 Å². The van der Waals surface area contributed by atoms with Gasteiger partial charge in [-0.05, 0) is 20.3 Å². The maximum Gasteiger partial charge on any atom is 0.311 e. The first kappa shape index (κ1) is 15.5. The van der Waals surface area contributed by atoms with Crippen molar-refractivity contribution in [1.82, 2.24) is 0 Å². The molecular formula is C13H20O6. The molecule has 1 atom stereocenters. The van der Waals surface area contributed by atoms with Crippen LogP contribution in [-0.4, -0.2) is 37.2 Å². The average Bonchev–Trinajstić information content (AvgIpc) is 2.74. The van der Waals surface area contributed by atoms with E-state index >= 15 is 0 Å². The first-order chi connectivity index (χ1) is 8.85. The Balaban J connectivity index is 2.20. The fraction of sp³-hybridized carbons (Fsp3) is 0.769. The summed E-state index contributed by atoms with van der Waals surface area (Å²) in [4.78, 5) is 33.9. The Hall–Kier alpha value is -1.59. The molecular weight excluding hydrogens is 252 g/mol. The zero-order valence-corrected chi connectivity index (χ0v) is 11.6. The third-order valence-corrected chi connectivity index (χ3v) is 3.10. The van der Waals surface area contributed by atoms with E-state index in [2.05, 4.69) is 4.74 Å². The van der Waals surface area contributed by atoms with Crippen LogP contribution in [0.1, 0.15) is 40.0 Å². The lowest BCUT2D eigenvalue weighted by atomic mass is 9.91. The zero-order valence-electron chi connectivity index (χ0n) is 11.6. The lowest BCUT2D eigenvalue weighted by molar-refractivity contribution is -0.158. The number of carbonyl (C=O) groups is 3. The molecule has 0 aliphatic carbocycles. The Morgan fingerprint density at radius 3 is 2.63 bits per heavy atom. The first-order valence-electron chi connectivity index (χ1n) is 6.37. The van der Waals surface area contributed by atoms with Gasteiger partial charge in [0.05, 0.1) is 18.3 Å². The molecule has 1 aliphatic rings. The van der Waals surface area contributed by atoms with Crippen LogP contribution in [0.4, 0.5) is 0 Å². The number of ether oxygens (including phenoxy) is 3. The minimum Gasteiger partial charge on any atom is -0.465 e. The van der Waals surface area contributed by atoms with Crippen molar-refractivity contribution in [3.05, 3.63) is 0 Å². The van der Waals surface area contributed by atoms with Crippen LogP contribution in [0.5, 0.6) is 0 Å². The molecule has 0 spiro atoms. The van der Waals surface area contributed by atoms with Crippen molar-refractivity contribution < 1.29 is 28.6 Å². The highest BCUT2D eigenvalue weighted by Crippen LogP contribution is 2.21. The van der Waals surface area contributed by atoms with Gasteiger partial charge < -0.3 is 14.2 Å². The lowest BCUT2D eigenvalue weighted by Gasteiger charge is -2.20. The molecule has 0 amide bonds. The van der Waals surface area contributed by atoms with Crippen LogP contribution in [0.2, 0.25) is 0 Å². The van der Waals surface area contributed by atoms with E-state index in [1.165, 1.54) is 0 Å². The second-order valence-corrected chi connectivity index (χ2v) is 5.12. The van der Waals surface area contributed by atoms with E-state index < -0.39 is 17.5 Å². The van der Waals surface area contributed by atoms with Gasteiger partial charge in [0.15, 0.2) is 0 Å². The monoisotopic (exact) mass is 272 g/mol. The highest BCUT2D eigenvalue weighted by Gasteiger charge is 2.28. The van der Waals surface area contributed by atoms with Gasteiger partial charge in [0.25, 0.3) is 0 Å². The van der Waals surface area contributed by atoms with Gasteiger partial charge in [0.2, 0.25) is 0 Å². The molecule has 0 N–H and O–H groups in total. The van der Waals surface area contributed by atoms with Gasteiger partial charge in [-0.15, -0.1) is 0 Å². The Morgan fingerprint density at radius 1 is 1.42 bits per heavy atom. The normalized spacial score (nSPS) is 18.9. The van der Waals surface area contributed by atoms with Crippen molar-refractivity contribution in [2.75, 3.05) is 13.2 Å². The predicted molar refractivity (Wildman–Crippen MR) is 65.1 cm³/mol. The van der Waals surface area contributed by atoms with Crippen LogP contribution < -0.4 is 0 Å². The van der Waals surface area contributed by atoms with Gasteiger partial charge in [-0.3, -0.25) is 14.4 Å². The summed E-state index contributed by atoms with van der Waals surface area (Å²) in [7, 11) is 0. The summed E-state index contributed by atoms with van der Waals surface area (Å²) < 4.78 is 14.7. The summed E-state index contributed by atoms with van der Waals surface area (Å²) in [5.74, 6) is -1.19. The molecule has 1 aliphatic heterocycles. The molecule has 1 fully saturated rings. The Labute approximate surface area is 112 Å². The fourth-order valence-electron chi connectivity index (χ4n) is 1.38. The minimum absolute atomic E-state index is 0.0113. The number of carbonyl (C=O) groups excluding carboxylic acids is 3. The molecule has 0 radical (unpaired) electrons. The number of rotatable bonds is 6. The SMILES string of the molecule is CCC(C)(C)C(=O)OCCC(=O)OC1COC(=O)C1. The fourth-order valence-corrected chi connectivity index (χ4v) is 1.38. The molecule has 108 valence electrons. The molecule has 6 nitrogen and oxygen atoms in total. The Morgan fingerprint density at radius 2 is 2.11 bits per heavy atom. The smallest absolute Gasteiger partial charge is 0.311 e. The van der Waals surface area contributed by atoms with Crippen LogP contribution in [-0.2, 0) is 28.6 Å². The molecule has 0 bridgehead atoms. The summed E-state index contributed by atoms with van der Waals surface area (Å²) in [6.07, 6.45) is 0.227. The van der Waals surface area contributed by atoms with Crippen molar-refractivity contribution >= 4 is 17.9 Å². The first-order valence-corrected chi connectivity index (χ1v) is 6.37. The van der Waals surface area contributed by atoms with E-state index in [0.29, 0.717) is 6.42 Å². The number of cyclic esters (lactones) is 1. The van der Waals surface area contributed by atoms with Crippen LogP contribution in [0.3, 0.4) is 0 Å². The van der Waals surface area contributed by atoms with E-state index in [1.807, 2.05) is 6.92 Å². The molecule has 0 aromatic carbocycles. The van der Waals surface area contributed by atoms with E-state index in [4.69, 9.17) is 9.47 Å². The molecule has 6 heteroatoms. The third kappa shape index (κ3) is 4.89. The van der Waals surface area contributed by atoms with E-state index in [-0.39, 0.29) is 38.0 Å². The molecule has 0 saturated carbocycles. The van der Waals surface area contributed by atoms with E-state index in [1.54, 1.807) is 13.8 Å². The number of hydrogen-bond acceptors (Lipinski definition) is 6. The molecule has 1 unspecified atom stereocenters. The van der Waals surface area contributed by atoms with Crippen molar-refractivity contribution in [3.8, 4) is 0 Å². The third-order valence-electron chi connectivity index (χ3n) is 3.10. The summed E-state index contributed by atoms with van der Waals surface area (Å²) in [6.45, 7) is 5.56. The van der Waals surface area contributed by atoms with Gasteiger partial charge in [-0.25, -0.2) is 0 Å². The van der Waals surface area contributed by atoms with Crippen LogP contribution in [0.15, 0.2) is 0 Å². The van der Waals surface area contributed by atoms with Crippen molar-refractivity contribution in [2.45, 2.75) is 46.1 Å². The maximum absolute atomic E-state index is 11.6. The molecule has 0 aromatic rings. The van der Waals surface area contributed by atoms with Gasteiger partial charge in [-0.1, -0.05) is 6.92 Å². The quantitative estimate of drug-likeness (QED) is 0.534. The molecule has 0 aromatic heterocycles. The maximum atomic E-state index is 11.6. The van der Waals surface area contributed by atoms with E-state index in [0.717, 1.165) is 0 Å². The van der Waals surface area contributed by atoms with Crippen molar-refractivity contribution in [1.29, 1.82) is 0 Å². The summed E-state index contributed by atoms with van der Waals surface area (Å²) >= 11 is 0. The summed E-state index contributed by atoms with van der Waals surface area (Å²) in [5.41, 5.74) is -0.546. The zero-order chi connectivity index (χ0) is 14.5. The van der Waals surface area contributed by atoms with Crippen LogP contribution in [0.25, 0.3) is 0 Å². The van der Waals surface area contributed by atoms with Gasteiger partial charge >= 0.3 is 17.9 Å². The molecule has 1 heterocycles. The number of esters is 3. The van der Waals surface area contributed by atoms with Gasteiger partial charge in [0, 0.05) is 0 Å². The van der Waals surface area contributed by atoms with Crippen LogP contribution in [0, 0.1) is 5.41 Å². The van der Waals surface area contributed by atoms with E-state index in [9.17, 15) is 14.4 Å². The van der Waals surface area contributed by atoms with Crippen molar-refractivity contribution in [3.63, 3.8) is 0 Å². The second kappa shape index (κ2) is 6.54. The highest BCUT2D eigenvalue weighted by molar-refractivity contribution is 5.77. The Kier molecular flexibility index (Phi) is 5.32. The average molecular weight is 272 g/mol. The Bertz CT molecular complexity index is 360. The summed E-state index contributed by atoms with van der Waals surface area (Å²) in [5, 5.41) is 0. The second-order valence-electron chi connectivity index (χ2n) is 5.12. The predicted octanol–water partition coefficient (Wildman–Crippen LogP) is 1.21. The minimum atomic E-state index is -0.546. The largest absolute Gasteiger partial charge is 0.465 e. The van der Waals surface area contributed by atoms with Gasteiger partial charge in [0.1, 0.15) is 19.3 Å². The standard InChI is InChI=1S/C13H20O6/c1-4-13(2,3)12(16)17-6-5-10(14)19-9-7-11(15)18-8-9/h9H,4-8H2,1-3H3. The molecule has 19 heavy (non-hydrogen) atoms. The van der Waals surface area contributed by atoms with Crippen molar-refractivity contribution in [2.24, 2.45) is 5.41 Å². The lowest BCUT2D eigenvalue weighted by Crippen LogP contribution is -2.27. The number of hydrogen-bond donors (Lipinski definition) is 0. The molecule has 1 saturated heterocycles. The molecule has 1 rings (SSSR count). The summed E-state index contributed by atoms with van der Waals surface area (Å²) in [6, 6.07) is 0. The topological polar surface area (TPSA) is 78.9 Å².